The van der Waals surface area contributed by atoms with Crippen molar-refractivity contribution >= 4 is 43.6 Å². The molecule has 230 valence electrons. The summed E-state index contributed by atoms with van der Waals surface area (Å²) < 4.78 is 4.44. The Labute approximate surface area is 287 Å². The summed E-state index contributed by atoms with van der Waals surface area (Å²) in [6.45, 7) is 0. The van der Waals surface area contributed by atoms with E-state index in [4.69, 9.17) is 0 Å². The SMILES string of the molecule is N#Cc1ccc(-c2ccc(-c3cc(-n4c5ccccc5c5cc(C#N)ccc54)ccc3C#N)cc2)c(-n2c3ccccc3c3ccccc32)c1. The third-order valence-electron chi connectivity index (χ3n) is 9.64. The van der Waals surface area contributed by atoms with Crippen molar-refractivity contribution in [2.75, 3.05) is 0 Å². The molecule has 0 spiro atoms. The van der Waals surface area contributed by atoms with Gasteiger partial charge in [-0.1, -0.05) is 84.9 Å². The van der Waals surface area contributed by atoms with Crippen LogP contribution in [0.1, 0.15) is 16.7 Å². The largest absolute Gasteiger partial charge is 0.309 e. The van der Waals surface area contributed by atoms with Crippen molar-refractivity contribution in [2.24, 2.45) is 0 Å². The van der Waals surface area contributed by atoms with E-state index in [2.05, 4.69) is 106 Å². The molecule has 5 heteroatoms. The first-order chi connectivity index (χ1) is 24.7. The fraction of sp³-hybridized carbons (Fsp3) is 0. The van der Waals surface area contributed by atoms with Gasteiger partial charge in [-0.2, -0.15) is 15.8 Å². The predicted molar refractivity (Wildman–Crippen MR) is 200 cm³/mol. The van der Waals surface area contributed by atoms with E-state index in [1.54, 1.807) is 0 Å². The van der Waals surface area contributed by atoms with Crippen LogP contribution in [0.4, 0.5) is 0 Å². The van der Waals surface area contributed by atoms with Crippen LogP contribution in [0.5, 0.6) is 0 Å². The average Bonchev–Trinajstić information content (AvgIpc) is 3.70. The maximum Gasteiger partial charge on any atom is 0.0998 e. The topological polar surface area (TPSA) is 81.2 Å². The number of nitrogens with zero attached hydrogens (tertiary/aromatic N) is 5. The van der Waals surface area contributed by atoms with E-state index < -0.39 is 0 Å². The lowest BCUT2D eigenvalue weighted by molar-refractivity contribution is 1.18. The number of aromatic nitrogens is 2. The van der Waals surface area contributed by atoms with Gasteiger partial charge < -0.3 is 9.13 Å². The fourth-order valence-electron chi connectivity index (χ4n) is 7.37. The molecule has 50 heavy (non-hydrogen) atoms. The van der Waals surface area contributed by atoms with Crippen LogP contribution in [-0.2, 0) is 0 Å². The van der Waals surface area contributed by atoms with Crippen LogP contribution in [0.25, 0.3) is 77.2 Å². The van der Waals surface area contributed by atoms with Crippen LogP contribution < -0.4 is 0 Å². The highest BCUT2D eigenvalue weighted by atomic mass is 15.0. The van der Waals surface area contributed by atoms with Crippen LogP contribution in [-0.4, -0.2) is 9.13 Å². The second kappa shape index (κ2) is 11.4. The van der Waals surface area contributed by atoms with Crippen molar-refractivity contribution in [3.63, 3.8) is 0 Å². The van der Waals surface area contributed by atoms with Gasteiger partial charge in [0.15, 0.2) is 0 Å². The summed E-state index contributed by atoms with van der Waals surface area (Å²) >= 11 is 0. The Kier molecular flexibility index (Phi) is 6.56. The van der Waals surface area contributed by atoms with Gasteiger partial charge in [-0.3, -0.25) is 0 Å². The monoisotopic (exact) mass is 635 g/mol. The minimum atomic E-state index is 0.582. The molecule has 0 radical (unpaired) electrons. The molecule has 0 fully saturated rings. The molecule has 5 nitrogen and oxygen atoms in total. The van der Waals surface area contributed by atoms with Crippen molar-refractivity contribution in [2.45, 2.75) is 0 Å². The predicted octanol–water partition coefficient (Wildman–Crippen LogP) is 10.8. The van der Waals surface area contributed by atoms with Crippen LogP contribution >= 0.6 is 0 Å². The summed E-state index contributed by atoms with van der Waals surface area (Å²) in [6, 6.07) is 57.8. The van der Waals surface area contributed by atoms with Gasteiger partial charge >= 0.3 is 0 Å². The molecule has 0 atom stereocenters. The number of fused-ring (bicyclic) bond motifs is 6. The molecule has 0 amide bonds. The van der Waals surface area contributed by atoms with Crippen LogP contribution in [0.3, 0.4) is 0 Å². The first kappa shape index (κ1) is 28.8. The molecule has 0 bridgehead atoms. The highest BCUT2D eigenvalue weighted by molar-refractivity contribution is 6.11. The van der Waals surface area contributed by atoms with Crippen LogP contribution in [0, 0.1) is 34.0 Å². The zero-order valence-corrected chi connectivity index (χ0v) is 26.7. The first-order valence-electron chi connectivity index (χ1n) is 16.3. The Bertz CT molecular complexity index is 2900. The molecule has 0 unspecified atom stereocenters. The maximum atomic E-state index is 10.2. The number of hydrogen-bond acceptors (Lipinski definition) is 3. The van der Waals surface area contributed by atoms with E-state index in [1.807, 2.05) is 72.8 Å². The van der Waals surface area contributed by atoms with Gasteiger partial charge in [0.05, 0.1) is 62.7 Å². The number of para-hydroxylation sites is 3. The Morgan fingerprint density at radius 1 is 0.380 bits per heavy atom. The summed E-state index contributed by atoms with van der Waals surface area (Å²) in [5.41, 5.74) is 11.6. The van der Waals surface area contributed by atoms with Crippen molar-refractivity contribution in [1.82, 2.24) is 9.13 Å². The number of rotatable bonds is 4. The first-order valence-corrected chi connectivity index (χ1v) is 16.3. The van der Waals surface area contributed by atoms with Gasteiger partial charge in [0.1, 0.15) is 0 Å². The summed E-state index contributed by atoms with van der Waals surface area (Å²) in [6.07, 6.45) is 0. The second-order valence-corrected chi connectivity index (χ2v) is 12.3. The Hall–Kier alpha value is -7.39. The highest BCUT2D eigenvalue weighted by Crippen LogP contribution is 2.38. The van der Waals surface area contributed by atoms with Crippen LogP contribution in [0.15, 0.2) is 152 Å². The summed E-state index contributed by atoms with van der Waals surface area (Å²) in [5, 5.41) is 34.0. The van der Waals surface area contributed by atoms with E-state index in [0.717, 1.165) is 77.2 Å². The zero-order chi connectivity index (χ0) is 33.8. The molecule has 0 saturated carbocycles. The molecule has 0 aliphatic heterocycles. The van der Waals surface area contributed by atoms with E-state index in [-0.39, 0.29) is 0 Å². The van der Waals surface area contributed by atoms with Crippen molar-refractivity contribution in [1.29, 1.82) is 15.8 Å². The maximum absolute atomic E-state index is 10.2. The third kappa shape index (κ3) is 4.38. The molecule has 9 aromatic rings. The number of benzene rings is 7. The third-order valence-corrected chi connectivity index (χ3v) is 9.64. The molecule has 2 aromatic heterocycles. The zero-order valence-electron chi connectivity index (χ0n) is 26.7. The smallest absolute Gasteiger partial charge is 0.0998 e. The normalized spacial score (nSPS) is 11.1. The molecule has 9 rings (SSSR count). The number of hydrogen-bond donors (Lipinski definition) is 0. The summed E-state index contributed by atoms with van der Waals surface area (Å²) in [4.78, 5) is 0. The minimum absolute atomic E-state index is 0.582. The molecule has 0 saturated heterocycles. The molecule has 0 aliphatic carbocycles. The van der Waals surface area contributed by atoms with Crippen molar-refractivity contribution in [3.8, 4) is 51.8 Å². The Balaban J connectivity index is 1.19. The Morgan fingerprint density at radius 2 is 0.900 bits per heavy atom. The van der Waals surface area contributed by atoms with E-state index in [9.17, 15) is 15.8 Å². The van der Waals surface area contributed by atoms with E-state index in [0.29, 0.717) is 16.7 Å². The standard InChI is InChI=1S/C45H25N5/c46-26-29-14-22-44-40(23-29)38-9-3-4-10-41(38)49(44)34-20-19-33(28-48)39(25-34)32-17-15-31(16-18-32)35-21-13-30(27-47)24-45(35)50-42-11-5-1-7-36(42)37-8-2-6-12-43(37)50/h1-25H. The quantitative estimate of drug-likeness (QED) is 0.193. The van der Waals surface area contributed by atoms with Crippen molar-refractivity contribution in [3.05, 3.63) is 168 Å². The van der Waals surface area contributed by atoms with E-state index in [1.165, 1.54) is 0 Å². The summed E-state index contributed by atoms with van der Waals surface area (Å²) in [7, 11) is 0. The lowest BCUT2D eigenvalue weighted by Crippen LogP contribution is -1.98. The number of nitriles is 3. The molecular formula is C45H25N5. The molecular weight excluding hydrogens is 611 g/mol. The van der Waals surface area contributed by atoms with Crippen LogP contribution in [0.2, 0.25) is 0 Å². The lowest BCUT2D eigenvalue weighted by atomic mass is 9.95. The van der Waals surface area contributed by atoms with Gasteiger partial charge in [-0.05, 0) is 77.9 Å². The summed E-state index contributed by atoms with van der Waals surface area (Å²) in [5.74, 6) is 0. The van der Waals surface area contributed by atoms with Gasteiger partial charge in [-0.25, -0.2) is 0 Å². The Morgan fingerprint density at radius 3 is 1.52 bits per heavy atom. The average molecular weight is 636 g/mol. The highest BCUT2D eigenvalue weighted by Gasteiger charge is 2.18. The second-order valence-electron chi connectivity index (χ2n) is 12.3. The van der Waals surface area contributed by atoms with E-state index >= 15 is 0 Å². The lowest BCUT2D eigenvalue weighted by Gasteiger charge is -2.15. The molecule has 7 aromatic carbocycles. The molecule has 0 aliphatic rings. The molecule has 0 N–H and O–H groups in total. The fourth-order valence-corrected chi connectivity index (χ4v) is 7.37. The van der Waals surface area contributed by atoms with Crippen molar-refractivity contribution < 1.29 is 0 Å². The molecule has 2 heterocycles. The van der Waals surface area contributed by atoms with Gasteiger partial charge in [0, 0.05) is 38.4 Å². The van der Waals surface area contributed by atoms with Gasteiger partial charge in [0.25, 0.3) is 0 Å². The minimum Gasteiger partial charge on any atom is -0.309 e. The van der Waals surface area contributed by atoms with Gasteiger partial charge in [-0.15, -0.1) is 0 Å². The van der Waals surface area contributed by atoms with Gasteiger partial charge in [0.2, 0.25) is 0 Å².